The largest absolute Gasteiger partial charge is 0.447 e. The number of Topliss-reactive ketones (excluding diaryl/α,β-unsaturated/α-hetero) is 1. The third-order valence-electron chi connectivity index (χ3n) is 9.87. The fraction of sp³-hybridized carbons (Fsp3) is 0.614. The molecule has 0 saturated carbocycles. The molecule has 2 heterocycles. The highest BCUT2D eigenvalue weighted by molar-refractivity contribution is 8.00. The first kappa shape index (κ1) is 49.2. The van der Waals surface area contributed by atoms with Gasteiger partial charge in [0, 0.05) is 52.5 Å². The fourth-order valence-corrected chi connectivity index (χ4v) is 8.32. The maximum absolute atomic E-state index is 11.6. The van der Waals surface area contributed by atoms with Crippen molar-refractivity contribution in [1.29, 1.82) is 0 Å². The molecule has 3 aliphatic rings. The molecule has 7 nitrogen and oxygen atoms in total. The Kier molecular flexibility index (Phi) is 23.8. The molecule has 5 rings (SSSR count). The summed E-state index contributed by atoms with van der Waals surface area (Å²) in [5.41, 5.74) is 2.99. The van der Waals surface area contributed by atoms with Crippen molar-refractivity contribution in [1.82, 2.24) is 10.6 Å². The van der Waals surface area contributed by atoms with Gasteiger partial charge in [-0.2, -0.15) is 11.8 Å². The summed E-state index contributed by atoms with van der Waals surface area (Å²) in [7, 11) is 0. The van der Waals surface area contributed by atoms with Gasteiger partial charge in [0.15, 0.2) is 5.78 Å². The Hall–Kier alpha value is -2.81. The standard InChI is InChI=1S/C11H16BNO2.C11H15BO2.C11H20.C9H15NOS.C2H6/c1-8(2)13-11(14)9-4-6-10(7-5-9)12(3)15;1-8(2)11(13)9-4-6-10(7-5-9)12(3)14;1-10(2)11-8-6-4-3-5-7-9-11;1-5(2)9-6-3-8(11)10-7(6)4-12-9;1-2/h4-8,15H,1-3H3,(H,13,14);4-8,14H,1-3H3;3-4,10-11H,5-9H2,1-2H3;5-7,9H,3-4H2,1-2H3,(H,10,11);1-2H3/b;;4-3+;;. The second-order valence-corrected chi connectivity index (χ2v) is 17.0. The Bertz CT molecular complexity index is 1390. The number of amides is 2. The zero-order valence-corrected chi connectivity index (χ0v) is 36.3. The summed E-state index contributed by atoms with van der Waals surface area (Å²) >= 11 is 2.03. The van der Waals surface area contributed by atoms with Gasteiger partial charge < -0.3 is 20.7 Å². The van der Waals surface area contributed by atoms with Crippen LogP contribution in [0.5, 0.6) is 0 Å². The van der Waals surface area contributed by atoms with E-state index in [4.69, 9.17) is 0 Å². The van der Waals surface area contributed by atoms with E-state index in [1.807, 2.05) is 53.3 Å². The lowest BCUT2D eigenvalue weighted by Crippen LogP contribution is -2.31. The van der Waals surface area contributed by atoms with E-state index in [1.54, 1.807) is 62.2 Å². The van der Waals surface area contributed by atoms with Crippen LogP contribution in [-0.2, 0) is 4.79 Å². The van der Waals surface area contributed by atoms with Gasteiger partial charge in [-0.25, -0.2) is 0 Å². The van der Waals surface area contributed by atoms with Gasteiger partial charge in [-0.05, 0) is 86.8 Å². The van der Waals surface area contributed by atoms with E-state index in [2.05, 4.69) is 50.5 Å². The summed E-state index contributed by atoms with van der Waals surface area (Å²) in [4.78, 5) is 34.2. The number of carbonyl (C=O) groups is 3. The van der Waals surface area contributed by atoms with Crippen LogP contribution in [0, 0.1) is 29.6 Å². The smallest absolute Gasteiger partial charge is 0.320 e. The molecular formula is C44H72B2N2O5S. The Morgan fingerprint density at radius 3 is 1.76 bits per heavy atom. The number of hydrogen-bond acceptors (Lipinski definition) is 6. The number of thioether (sulfide) groups is 1. The molecule has 0 aromatic heterocycles. The lowest BCUT2D eigenvalue weighted by molar-refractivity contribution is -0.119. The Labute approximate surface area is 333 Å². The Morgan fingerprint density at radius 2 is 1.30 bits per heavy atom. The van der Waals surface area contributed by atoms with Crippen LogP contribution >= 0.6 is 11.8 Å². The maximum Gasteiger partial charge on any atom is 0.320 e. The molecule has 1 aliphatic carbocycles. The van der Waals surface area contributed by atoms with Crippen molar-refractivity contribution >= 4 is 54.1 Å². The normalized spacial score (nSPS) is 20.6. The summed E-state index contributed by atoms with van der Waals surface area (Å²) in [5, 5.41) is 25.1. The second-order valence-electron chi connectivity index (χ2n) is 15.8. The molecule has 2 saturated heterocycles. The number of benzene rings is 2. The zero-order chi connectivity index (χ0) is 41.0. The number of fused-ring (bicyclic) bond motifs is 1. The zero-order valence-electron chi connectivity index (χ0n) is 35.5. The number of ketones is 1. The van der Waals surface area contributed by atoms with Gasteiger partial charge in [0.2, 0.25) is 5.91 Å². The first-order valence-corrected chi connectivity index (χ1v) is 21.5. The molecule has 54 heavy (non-hydrogen) atoms. The molecule has 2 aromatic rings. The van der Waals surface area contributed by atoms with E-state index in [1.165, 1.54) is 32.1 Å². The van der Waals surface area contributed by atoms with Crippen molar-refractivity contribution in [2.24, 2.45) is 29.6 Å². The molecule has 2 aliphatic heterocycles. The van der Waals surface area contributed by atoms with Crippen molar-refractivity contribution in [2.75, 3.05) is 5.75 Å². The minimum Gasteiger partial charge on any atom is -0.447 e. The Morgan fingerprint density at radius 1 is 0.778 bits per heavy atom. The molecule has 300 valence electrons. The second kappa shape index (κ2) is 26.1. The van der Waals surface area contributed by atoms with Gasteiger partial charge >= 0.3 is 13.8 Å². The number of rotatable bonds is 8. The van der Waals surface area contributed by atoms with E-state index >= 15 is 0 Å². The summed E-state index contributed by atoms with van der Waals surface area (Å²) < 4.78 is 0. The predicted octanol–water partition coefficient (Wildman–Crippen LogP) is 8.06. The van der Waals surface area contributed by atoms with Crippen LogP contribution in [0.4, 0.5) is 0 Å². The summed E-state index contributed by atoms with van der Waals surface area (Å²) in [5.74, 6) is 4.66. The van der Waals surface area contributed by atoms with Gasteiger partial charge in [0.1, 0.15) is 0 Å². The third kappa shape index (κ3) is 17.8. The molecule has 4 atom stereocenters. The van der Waals surface area contributed by atoms with Crippen LogP contribution < -0.4 is 21.6 Å². The Balaban J connectivity index is 0.000000356. The topological polar surface area (TPSA) is 116 Å². The number of allylic oxidation sites excluding steroid dienone is 2. The van der Waals surface area contributed by atoms with Crippen LogP contribution in [-0.4, -0.2) is 64.6 Å². The van der Waals surface area contributed by atoms with Gasteiger partial charge in [-0.3, -0.25) is 14.4 Å². The molecule has 2 aromatic carbocycles. The fourth-order valence-electron chi connectivity index (χ4n) is 6.64. The molecule has 4 N–H and O–H groups in total. The number of nitrogens with one attached hydrogen (secondary N) is 2. The summed E-state index contributed by atoms with van der Waals surface area (Å²) in [6.45, 7) is 23.3. The van der Waals surface area contributed by atoms with Crippen LogP contribution in [0.25, 0.3) is 0 Å². The highest BCUT2D eigenvalue weighted by Crippen LogP contribution is 2.41. The van der Waals surface area contributed by atoms with Crippen LogP contribution in [0.2, 0.25) is 13.6 Å². The first-order valence-electron chi connectivity index (χ1n) is 20.5. The highest BCUT2D eigenvalue weighted by atomic mass is 32.2. The quantitative estimate of drug-likeness (QED) is 0.123. The maximum atomic E-state index is 11.6. The van der Waals surface area contributed by atoms with Crippen molar-refractivity contribution in [3.8, 4) is 0 Å². The molecule has 2 fully saturated rings. The number of hydrogen-bond donors (Lipinski definition) is 4. The van der Waals surface area contributed by atoms with Crippen molar-refractivity contribution in [3.05, 3.63) is 71.8 Å². The molecule has 0 spiro atoms. The van der Waals surface area contributed by atoms with Crippen molar-refractivity contribution < 1.29 is 24.4 Å². The van der Waals surface area contributed by atoms with Gasteiger partial charge in [0.05, 0.1) is 0 Å². The average molecular weight is 763 g/mol. The first-order chi connectivity index (χ1) is 25.5. The van der Waals surface area contributed by atoms with Gasteiger partial charge in [-0.1, -0.05) is 118 Å². The third-order valence-corrected chi connectivity index (χ3v) is 11.7. The summed E-state index contributed by atoms with van der Waals surface area (Å²) in [6.07, 6.45) is 12.3. The minimum absolute atomic E-state index is 0.0207. The van der Waals surface area contributed by atoms with Gasteiger partial charge in [-0.15, -0.1) is 0 Å². The molecular weight excluding hydrogens is 690 g/mol. The SMILES string of the molecule is CB(O)c1ccc(C(=O)C(C)C)cc1.CB(O)c1ccc(C(=O)NC(C)C)cc1.CC.CC(C)C1CC/C=C/CCC1.CC(C)C1SCC2NC(=O)CC21. The van der Waals surface area contributed by atoms with Crippen molar-refractivity contribution in [2.45, 2.75) is 139 Å². The van der Waals surface area contributed by atoms with E-state index in [0.29, 0.717) is 34.3 Å². The average Bonchev–Trinajstić information content (AvgIpc) is 3.68. The van der Waals surface area contributed by atoms with E-state index in [-0.39, 0.29) is 29.6 Å². The van der Waals surface area contributed by atoms with Crippen LogP contribution in [0.15, 0.2) is 60.7 Å². The molecule has 0 bridgehead atoms. The molecule has 0 radical (unpaired) electrons. The van der Waals surface area contributed by atoms with Crippen LogP contribution in [0.3, 0.4) is 0 Å². The summed E-state index contributed by atoms with van der Waals surface area (Å²) in [6, 6.07) is 14.7. The van der Waals surface area contributed by atoms with E-state index < -0.39 is 13.8 Å². The van der Waals surface area contributed by atoms with Gasteiger partial charge in [0.25, 0.3) is 5.91 Å². The number of carbonyl (C=O) groups excluding carboxylic acids is 3. The molecule has 10 heteroatoms. The lowest BCUT2D eigenvalue weighted by atomic mass is 9.64. The van der Waals surface area contributed by atoms with E-state index in [0.717, 1.165) is 34.9 Å². The van der Waals surface area contributed by atoms with Crippen LogP contribution in [0.1, 0.15) is 128 Å². The monoisotopic (exact) mass is 763 g/mol. The lowest BCUT2D eigenvalue weighted by Gasteiger charge is -2.20. The van der Waals surface area contributed by atoms with Crippen molar-refractivity contribution in [3.63, 3.8) is 0 Å². The van der Waals surface area contributed by atoms with E-state index in [9.17, 15) is 24.4 Å². The molecule has 2 amide bonds. The highest BCUT2D eigenvalue weighted by Gasteiger charge is 2.44. The minimum atomic E-state index is -0.493. The molecule has 4 unspecified atom stereocenters. The predicted molar refractivity (Wildman–Crippen MR) is 235 cm³/mol.